The van der Waals surface area contributed by atoms with Gasteiger partial charge < -0.3 is 13.4 Å². The molecule has 0 aromatic rings. The Hall–Kier alpha value is 0.314. The Kier molecular flexibility index (Phi) is 7.25. The maximum Gasteiger partial charge on any atom is 0.268 e. The maximum absolute atomic E-state index is 6.09. The smallest absolute Gasteiger partial charge is 0.268 e. The molecule has 1 aliphatic rings. The highest BCUT2D eigenvalue weighted by molar-refractivity contribution is 6.71. The molecule has 0 aromatic heterocycles. The molecule has 0 radical (unpaired) electrons. The lowest BCUT2D eigenvalue weighted by Gasteiger charge is -2.32. The largest absolute Gasteiger partial charge is 0.418 e. The van der Waals surface area contributed by atoms with Gasteiger partial charge in [-0.1, -0.05) is 6.42 Å². The number of nitrogens with zero attached hydrogens (tertiary/aromatic N) is 1. The molecule has 0 bridgehead atoms. The topological polar surface area (TPSA) is 21.7 Å². The van der Waals surface area contributed by atoms with Gasteiger partial charge in [0.05, 0.1) is 0 Å². The second kappa shape index (κ2) is 7.93. The molecule has 3 nitrogen and oxygen atoms in total. The van der Waals surface area contributed by atoms with Gasteiger partial charge >= 0.3 is 0 Å². The predicted octanol–water partition coefficient (Wildman–Crippen LogP) is 3.82. The summed E-state index contributed by atoms with van der Waals surface area (Å²) in [6.45, 7) is 15.6. The second-order valence-electron chi connectivity index (χ2n) is 6.35. The van der Waals surface area contributed by atoms with Crippen LogP contribution in [0.2, 0.25) is 31.7 Å². The Balaban J connectivity index is 2.25. The van der Waals surface area contributed by atoms with Crippen molar-refractivity contribution in [1.82, 2.24) is 4.57 Å². The molecule has 1 aliphatic heterocycles. The fraction of sp³-hybridized carbons (Fsp3) is 1.00. The maximum atomic E-state index is 6.09. The van der Waals surface area contributed by atoms with Crippen LogP contribution in [0.25, 0.3) is 0 Å². The van der Waals surface area contributed by atoms with Crippen molar-refractivity contribution in [3.63, 3.8) is 0 Å². The molecular formula is C14H33NO2Si2. The van der Waals surface area contributed by atoms with E-state index in [1.807, 2.05) is 0 Å². The van der Waals surface area contributed by atoms with Gasteiger partial charge in [-0.3, -0.25) is 0 Å². The minimum absolute atomic E-state index is 0.876. The lowest BCUT2D eigenvalue weighted by atomic mass is 10.3. The predicted molar refractivity (Wildman–Crippen MR) is 87.4 cm³/mol. The van der Waals surface area contributed by atoms with Crippen LogP contribution in [0.5, 0.6) is 0 Å². The fourth-order valence-electron chi connectivity index (χ4n) is 3.13. The fourth-order valence-corrected chi connectivity index (χ4v) is 8.50. The number of rotatable bonds is 9. The van der Waals surface area contributed by atoms with Crippen molar-refractivity contribution in [3.05, 3.63) is 0 Å². The molecule has 1 unspecified atom stereocenters. The van der Waals surface area contributed by atoms with Gasteiger partial charge in [0.1, 0.15) is 0 Å². The molecule has 5 heteroatoms. The summed E-state index contributed by atoms with van der Waals surface area (Å²) in [5, 5.41) is 0. The normalized spacial score (nSPS) is 25.1. The van der Waals surface area contributed by atoms with Gasteiger partial charge in [-0.15, -0.1) is 0 Å². The molecule has 19 heavy (non-hydrogen) atoms. The molecule has 0 spiro atoms. The Bertz CT molecular complexity index is 264. The van der Waals surface area contributed by atoms with Crippen LogP contribution in [0.3, 0.4) is 0 Å². The van der Waals surface area contributed by atoms with Gasteiger partial charge in [-0.05, 0) is 71.5 Å². The third kappa shape index (κ3) is 5.67. The van der Waals surface area contributed by atoms with E-state index in [0.717, 1.165) is 13.2 Å². The average Bonchev–Trinajstić information content (AvgIpc) is 2.66. The lowest BCUT2D eigenvalue weighted by Crippen LogP contribution is -2.49. The van der Waals surface area contributed by atoms with Gasteiger partial charge in [0.15, 0.2) is 8.32 Å². The molecule has 1 rings (SSSR count). The number of hydrogen-bond acceptors (Lipinski definition) is 3. The van der Waals surface area contributed by atoms with Gasteiger partial charge in [-0.25, -0.2) is 0 Å². The average molecular weight is 304 g/mol. The van der Waals surface area contributed by atoms with E-state index >= 15 is 0 Å². The summed E-state index contributed by atoms with van der Waals surface area (Å²) in [4.78, 5) is 0. The molecule has 1 saturated heterocycles. The highest BCUT2D eigenvalue weighted by Gasteiger charge is 2.40. The SMILES string of the molecule is CCO[Si](C)(C)CCCCN1CCC[Si]1(C)OCC. The van der Waals surface area contributed by atoms with Crippen LogP contribution in [0, 0.1) is 0 Å². The molecule has 0 aliphatic carbocycles. The summed E-state index contributed by atoms with van der Waals surface area (Å²) < 4.78 is 14.7. The van der Waals surface area contributed by atoms with Crippen LogP contribution < -0.4 is 0 Å². The van der Waals surface area contributed by atoms with E-state index in [0.29, 0.717) is 0 Å². The molecule has 0 aromatic carbocycles. The molecule has 1 heterocycles. The van der Waals surface area contributed by atoms with Crippen molar-refractivity contribution < 1.29 is 8.85 Å². The second-order valence-corrected chi connectivity index (χ2v) is 14.4. The van der Waals surface area contributed by atoms with Gasteiger partial charge in [0.2, 0.25) is 0 Å². The van der Waals surface area contributed by atoms with E-state index in [-0.39, 0.29) is 0 Å². The minimum atomic E-state index is -1.51. The Morgan fingerprint density at radius 2 is 1.89 bits per heavy atom. The van der Waals surface area contributed by atoms with E-state index in [9.17, 15) is 0 Å². The van der Waals surface area contributed by atoms with Crippen LogP contribution >= 0.6 is 0 Å². The number of hydrogen-bond donors (Lipinski definition) is 0. The van der Waals surface area contributed by atoms with Crippen LogP contribution in [0.4, 0.5) is 0 Å². The first-order chi connectivity index (χ1) is 8.93. The monoisotopic (exact) mass is 303 g/mol. The first kappa shape index (κ1) is 17.4. The third-order valence-corrected chi connectivity index (χ3v) is 10.8. The van der Waals surface area contributed by atoms with Crippen molar-refractivity contribution in [3.8, 4) is 0 Å². The van der Waals surface area contributed by atoms with Crippen LogP contribution in [0.15, 0.2) is 0 Å². The van der Waals surface area contributed by atoms with Crippen molar-refractivity contribution in [2.45, 2.75) is 64.8 Å². The van der Waals surface area contributed by atoms with Crippen molar-refractivity contribution in [2.75, 3.05) is 26.3 Å². The third-order valence-electron chi connectivity index (χ3n) is 4.18. The summed E-state index contributed by atoms with van der Waals surface area (Å²) in [6.07, 6.45) is 3.95. The molecule has 114 valence electrons. The minimum Gasteiger partial charge on any atom is -0.418 e. The molecule has 0 amide bonds. The zero-order valence-corrected chi connectivity index (χ0v) is 15.6. The lowest BCUT2D eigenvalue weighted by molar-refractivity contribution is 0.268. The molecule has 1 fully saturated rings. The Labute approximate surface area is 122 Å². The first-order valence-electron chi connectivity index (χ1n) is 7.96. The summed E-state index contributed by atoms with van der Waals surface area (Å²) in [5.41, 5.74) is 0. The zero-order chi connectivity index (χ0) is 14.4. The van der Waals surface area contributed by atoms with E-state index in [2.05, 4.69) is 38.1 Å². The standard InChI is InChI=1S/C14H33NO2Si2/c1-6-16-18(3,4)13-9-8-11-15-12-10-14-19(15,5)17-7-2/h6-14H2,1-5H3. The van der Waals surface area contributed by atoms with E-state index in [1.54, 1.807) is 0 Å². The summed E-state index contributed by atoms with van der Waals surface area (Å²) >= 11 is 0. The van der Waals surface area contributed by atoms with E-state index in [1.165, 1.54) is 44.4 Å². The summed E-state index contributed by atoms with van der Waals surface area (Å²) in [5.74, 6) is 0. The summed E-state index contributed by atoms with van der Waals surface area (Å²) in [6, 6.07) is 2.61. The highest BCUT2D eigenvalue weighted by Crippen LogP contribution is 2.27. The van der Waals surface area contributed by atoms with Crippen molar-refractivity contribution in [2.24, 2.45) is 0 Å². The molecular weight excluding hydrogens is 270 g/mol. The van der Waals surface area contributed by atoms with E-state index < -0.39 is 16.8 Å². The quantitative estimate of drug-likeness (QED) is 0.477. The molecule has 0 N–H and O–H groups in total. The van der Waals surface area contributed by atoms with Gasteiger partial charge in [-0.2, -0.15) is 0 Å². The van der Waals surface area contributed by atoms with Crippen molar-refractivity contribution >= 4 is 16.8 Å². The molecule has 1 atom stereocenters. The first-order valence-corrected chi connectivity index (χ1v) is 13.6. The number of unbranched alkanes of at least 4 members (excludes halogenated alkanes) is 1. The Morgan fingerprint density at radius 1 is 1.16 bits per heavy atom. The molecule has 0 saturated carbocycles. The van der Waals surface area contributed by atoms with E-state index in [4.69, 9.17) is 8.85 Å². The van der Waals surface area contributed by atoms with Gasteiger partial charge in [0.25, 0.3) is 8.48 Å². The zero-order valence-electron chi connectivity index (χ0n) is 13.6. The van der Waals surface area contributed by atoms with Crippen LogP contribution in [-0.2, 0) is 8.85 Å². The Morgan fingerprint density at radius 3 is 2.53 bits per heavy atom. The van der Waals surface area contributed by atoms with Crippen molar-refractivity contribution in [1.29, 1.82) is 0 Å². The van der Waals surface area contributed by atoms with Gasteiger partial charge in [0, 0.05) is 13.2 Å². The van der Waals surface area contributed by atoms with Crippen LogP contribution in [-0.4, -0.2) is 47.7 Å². The van der Waals surface area contributed by atoms with Crippen LogP contribution in [0.1, 0.15) is 33.1 Å². The summed E-state index contributed by atoms with van der Waals surface area (Å²) in [7, 11) is -2.88. The highest BCUT2D eigenvalue weighted by atomic mass is 28.4.